The average Bonchev–Trinajstić information content (AvgIpc) is 3.25. The van der Waals surface area contributed by atoms with Crippen LogP contribution in [0.2, 0.25) is 0 Å². The molecular formula is C22H32O4. The third-order valence-corrected chi connectivity index (χ3v) is 7.64. The van der Waals surface area contributed by atoms with Crippen LogP contribution < -0.4 is 0 Å². The Kier molecular flexibility index (Phi) is 4.88. The molecule has 1 saturated heterocycles. The highest BCUT2D eigenvalue weighted by Crippen LogP contribution is 2.67. The number of hydrogen-bond donors (Lipinski definition) is 1. The molecule has 0 aromatic carbocycles. The second-order valence-electron chi connectivity index (χ2n) is 9.08. The van der Waals surface area contributed by atoms with E-state index >= 15 is 0 Å². The highest BCUT2D eigenvalue weighted by Gasteiger charge is 2.70. The van der Waals surface area contributed by atoms with Crippen LogP contribution in [0.4, 0.5) is 0 Å². The minimum absolute atomic E-state index is 0.101. The van der Waals surface area contributed by atoms with Crippen LogP contribution in [0.25, 0.3) is 0 Å². The first kappa shape index (κ1) is 19.6. The van der Waals surface area contributed by atoms with Gasteiger partial charge in [0.25, 0.3) is 0 Å². The summed E-state index contributed by atoms with van der Waals surface area (Å²) in [6.07, 6.45) is 11.4. The van der Waals surface area contributed by atoms with Gasteiger partial charge in [0.1, 0.15) is 5.78 Å². The molecule has 0 aromatic rings. The van der Waals surface area contributed by atoms with Gasteiger partial charge in [-0.3, -0.25) is 4.79 Å². The van der Waals surface area contributed by atoms with E-state index in [1.807, 2.05) is 6.92 Å². The lowest BCUT2D eigenvalue weighted by atomic mass is 9.49. The van der Waals surface area contributed by atoms with Gasteiger partial charge in [0.2, 0.25) is 0 Å². The summed E-state index contributed by atoms with van der Waals surface area (Å²) in [5.41, 5.74) is -1.63. The van der Waals surface area contributed by atoms with Crippen molar-refractivity contribution in [1.82, 2.24) is 0 Å². The third kappa shape index (κ3) is 2.59. The standard InChI is InChI=1S/C22H32O4/c1-6-19(4,15-23)14-17(24)20(5)16(3)8-9-21(7-2)10-11-22(18(20)21)25-12-13-26-22/h2,6,16,18,23H,1,8-15H2,3-5H3/t16-,18?,19-,20+,21+/m1/s1. The molecule has 0 radical (unpaired) electrons. The van der Waals surface area contributed by atoms with Gasteiger partial charge < -0.3 is 14.6 Å². The molecule has 4 nitrogen and oxygen atoms in total. The molecule has 0 bridgehead atoms. The fourth-order valence-electron chi connectivity index (χ4n) is 5.66. The number of hydrogen-bond acceptors (Lipinski definition) is 4. The molecular weight excluding hydrogens is 328 g/mol. The third-order valence-electron chi connectivity index (χ3n) is 7.64. The number of aliphatic hydroxyl groups is 1. The number of rotatable bonds is 5. The van der Waals surface area contributed by atoms with Gasteiger partial charge in [0, 0.05) is 35.0 Å². The van der Waals surface area contributed by atoms with Crippen LogP contribution >= 0.6 is 0 Å². The molecule has 3 aliphatic rings. The highest BCUT2D eigenvalue weighted by molar-refractivity contribution is 5.86. The summed E-state index contributed by atoms with van der Waals surface area (Å²) in [4.78, 5) is 13.7. The summed E-state index contributed by atoms with van der Waals surface area (Å²) < 4.78 is 12.3. The first-order valence-corrected chi connectivity index (χ1v) is 9.75. The number of carbonyl (C=O) groups excluding carboxylic acids is 1. The van der Waals surface area contributed by atoms with Crippen molar-refractivity contribution in [3.63, 3.8) is 0 Å². The van der Waals surface area contributed by atoms with Gasteiger partial charge in [-0.25, -0.2) is 0 Å². The van der Waals surface area contributed by atoms with Gasteiger partial charge in [0.05, 0.1) is 19.8 Å². The molecule has 1 aliphatic heterocycles. The Morgan fingerprint density at radius 3 is 2.58 bits per heavy atom. The predicted molar refractivity (Wildman–Crippen MR) is 100 cm³/mol. The number of aliphatic hydroxyl groups excluding tert-OH is 1. The molecule has 1 spiro atoms. The summed E-state index contributed by atoms with van der Waals surface area (Å²) in [5.74, 6) is 2.48. The summed E-state index contributed by atoms with van der Waals surface area (Å²) in [7, 11) is 0. The lowest BCUT2D eigenvalue weighted by molar-refractivity contribution is -0.232. The molecule has 26 heavy (non-hydrogen) atoms. The Hall–Kier alpha value is -1.15. The van der Waals surface area contributed by atoms with Crippen LogP contribution in [-0.4, -0.2) is 36.5 Å². The average molecular weight is 360 g/mol. The fourth-order valence-corrected chi connectivity index (χ4v) is 5.66. The molecule has 144 valence electrons. The van der Waals surface area contributed by atoms with Crippen molar-refractivity contribution in [2.75, 3.05) is 19.8 Å². The molecule has 3 fully saturated rings. The Morgan fingerprint density at radius 2 is 2.04 bits per heavy atom. The van der Waals surface area contributed by atoms with E-state index in [9.17, 15) is 9.90 Å². The molecule has 1 unspecified atom stereocenters. The maximum absolute atomic E-state index is 13.7. The number of Topliss-reactive ketones (excluding diaryl/α,β-unsaturated/α-hetero) is 1. The van der Waals surface area contributed by atoms with Crippen molar-refractivity contribution in [3.8, 4) is 12.3 Å². The topological polar surface area (TPSA) is 55.8 Å². The van der Waals surface area contributed by atoms with Crippen molar-refractivity contribution >= 4 is 5.78 Å². The van der Waals surface area contributed by atoms with Crippen molar-refractivity contribution in [2.24, 2.45) is 28.1 Å². The number of carbonyl (C=O) groups is 1. The number of ketones is 1. The molecule has 2 aliphatic carbocycles. The van der Waals surface area contributed by atoms with E-state index in [-0.39, 0.29) is 36.1 Å². The minimum atomic E-state index is -0.741. The largest absolute Gasteiger partial charge is 0.395 e. The van der Waals surface area contributed by atoms with E-state index in [2.05, 4.69) is 26.3 Å². The van der Waals surface area contributed by atoms with Gasteiger partial charge in [-0.05, 0) is 25.2 Å². The van der Waals surface area contributed by atoms with Crippen LogP contribution in [0, 0.1) is 40.4 Å². The fraction of sp³-hybridized carbons (Fsp3) is 0.773. The lowest BCUT2D eigenvalue weighted by Crippen LogP contribution is -2.59. The molecule has 0 aromatic heterocycles. The Bertz CT molecular complexity index is 629. The van der Waals surface area contributed by atoms with Crippen LogP contribution in [0.1, 0.15) is 52.9 Å². The van der Waals surface area contributed by atoms with E-state index < -0.39 is 16.6 Å². The van der Waals surface area contributed by atoms with Crippen LogP contribution in [0.3, 0.4) is 0 Å². The zero-order valence-electron chi connectivity index (χ0n) is 16.3. The summed E-state index contributed by atoms with van der Waals surface area (Å²) in [6.45, 7) is 10.9. The van der Waals surface area contributed by atoms with Crippen LogP contribution in [0.15, 0.2) is 12.7 Å². The maximum Gasteiger partial charge on any atom is 0.173 e. The number of terminal acetylenes is 1. The van der Waals surface area contributed by atoms with Crippen LogP contribution in [-0.2, 0) is 14.3 Å². The Balaban J connectivity index is 2.06. The second-order valence-corrected chi connectivity index (χ2v) is 9.08. The highest BCUT2D eigenvalue weighted by atomic mass is 16.7. The van der Waals surface area contributed by atoms with E-state index in [1.54, 1.807) is 6.08 Å². The van der Waals surface area contributed by atoms with Crippen LogP contribution in [0.5, 0.6) is 0 Å². The van der Waals surface area contributed by atoms with E-state index in [0.717, 1.165) is 25.7 Å². The second kappa shape index (κ2) is 6.48. The monoisotopic (exact) mass is 360 g/mol. The van der Waals surface area contributed by atoms with Gasteiger partial charge in [0.15, 0.2) is 5.79 Å². The van der Waals surface area contributed by atoms with Gasteiger partial charge in [-0.1, -0.05) is 32.8 Å². The molecule has 3 rings (SSSR count). The lowest BCUT2D eigenvalue weighted by Gasteiger charge is -2.54. The zero-order chi connectivity index (χ0) is 19.2. The van der Waals surface area contributed by atoms with Crippen molar-refractivity contribution in [2.45, 2.75) is 58.7 Å². The summed E-state index contributed by atoms with van der Waals surface area (Å²) in [5, 5.41) is 9.77. The summed E-state index contributed by atoms with van der Waals surface area (Å²) in [6, 6.07) is 0. The van der Waals surface area contributed by atoms with Crippen molar-refractivity contribution in [3.05, 3.63) is 12.7 Å². The SMILES string of the molecule is C#C[C@@]12CC[C@@H](C)[C@@](C)(C(=O)C[C@@](C)(C=C)CO)C1C1(CC2)OCCO1. The smallest absolute Gasteiger partial charge is 0.173 e. The van der Waals surface area contributed by atoms with Gasteiger partial charge >= 0.3 is 0 Å². The quantitative estimate of drug-likeness (QED) is 0.603. The van der Waals surface area contributed by atoms with Gasteiger partial charge in [-0.15, -0.1) is 13.0 Å². The zero-order valence-corrected chi connectivity index (χ0v) is 16.3. The number of fused-ring (bicyclic) bond motifs is 2. The number of ether oxygens (including phenoxy) is 2. The first-order valence-electron chi connectivity index (χ1n) is 9.75. The molecule has 0 amide bonds. The van der Waals surface area contributed by atoms with Crippen molar-refractivity contribution < 1.29 is 19.4 Å². The van der Waals surface area contributed by atoms with E-state index in [0.29, 0.717) is 13.2 Å². The maximum atomic E-state index is 13.7. The normalized spacial score (nSPS) is 40.6. The molecule has 4 heteroatoms. The van der Waals surface area contributed by atoms with Gasteiger partial charge in [-0.2, -0.15) is 0 Å². The first-order chi connectivity index (χ1) is 12.2. The molecule has 2 saturated carbocycles. The predicted octanol–water partition coefficient (Wildman–Crippen LogP) is 3.34. The Morgan fingerprint density at radius 1 is 1.38 bits per heavy atom. The molecule has 5 atom stereocenters. The molecule has 1 heterocycles. The van der Waals surface area contributed by atoms with Crippen molar-refractivity contribution in [1.29, 1.82) is 0 Å². The summed E-state index contributed by atoms with van der Waals surface area (Å²) >= 11 is 0. The minimum Gasteiger partial charge on any atom is -0.395 e. The van der Waals surface area contributed by atoms with E-state index in [4.69, 9.17) is 15.9 Å². The molecule has 1 N–H and O–H groups in total. The van der Waals surface area contributed by atoms with E-state index in [1.165, 1.54) is 0 Å². The Labute approximate surface area is 157 Å².